The molecule has 104 valence electrons. The van der Waals surface area contributed by atoms with E-state index in [0.717, 1.165) is 32.2 Å². The highest BCUT2D eigenvalue weighted by atomic mass is 16.4. The molecule has 1 rings (SSSR count). The molecule has 3 N–H and O–H groups in total. The maximum atomic E-state index is 12.2. The van der Waals surface area contributed by atoms with Gasteiger partial charge < -0.3 is 15.7 Å². The van der Waals surface area contributed by atoms with E-state index in [1.54, 1.807) is 0 Å². The number of carboxylic acids is 1. The Labute approximate surface area is 108 Å². The van der Waals surface area contributed by atoms with E-state index in [1.807, 2.05) is 13.8 Å². The summed E-state index contributed by atoms with van der Waals surface area (Å²) in [5.74, 6) is -1.10. The molecule has 0 saturated carbocycles. The number of carboxylic acid groups (broad SMARTS) is 1. The topological polar surface area (TPSA) is 78.4 Å². The lowest BCUT2D eigenvalue weighted by Crippen LogP contribution is -2.56. The number of hydrogen-bond acceptors (Lipinski definition) is 3. The molecule has 1 fully saturated rings. The zero-order chi connectivity index (χ0) is 13.6. The number of rotatable bonds is 7. The highest BCUT2D eigenvalue weighted by molar-refractivity contribution is 5.90. The van der Waals surface area contributed by atoms with Gasteiger partial charge in [-0.25, -0.2) is 4.79 Å². The quantitative estimate of drug-likeness (QED) is 0.641. The first-order valence-electron chi connectivity index (χ1n) is 6.84. The molecule has 0 aromatic rings. The van der Waals surface area contributed by atoms with Crippen molar-refractivity contribution in [2.45, 2.75) is 64.0 Å². The predicted octanol–water partition coefficient (Wildman–Crippen LogP) is 1.28. The molecule has 0 aromatic carbocycles. The average molecular weight is 256 g/mol. The summed E-state index contributed by atoms with van der Waals surface area (Å²) in [7, 11) is 0. The Balaban J connectivity index is 2.62. The molecule has 1 aliphatic heterocycles. The summed E-state index contributed by atoms with van der Waals surface area (Å²) in [5.41, 5.74) is -0.556. The monoisotopic (exact) mass is 256 g/mol. The highest BCUT2D eigenvalue weighted by Gasteiger charge is 2.40. The molecular weight excluding hydrogens is 232 g/mol. The second-order valence-electron chi connectivity index (χ2n) is 4.97. The molecule has 0 spiro atoms. The van der Waals surface area contributed by atoms with Crippen LogP contribution in [0.1, 0.15) is 52.4 Å². The van der Waals surface area contributed by atoms with Gasteiger partial charge in [-0.15, -0.1) is 0 Å². The van der Waals surface area contributed by atoms with Crippen LogP contribution < -0.4 is 10.6 Å². The van der Waals surface area contributed by atoms with E-state index in [-0.39, 0.29) is 5.91 Å². The fourth-order valence-corrected chi connectivity index (χ4v) is 2.42. The average Bonchev–Trinajstić information content (AvgIpc) is 2.83. The summed E-state index contributed by atoms with van der Waals surface area (Å²) in [6.07, 6.45) is 4.68. The van der Waals surface area contributed by atoms with Crippen LogP contribution in [0.15, 0.2) is 0 Å². The molecule has 5 heteroatoms. The first-order chi connectivity index (χ1) is 8.55. The molecule has 2 unspecified atom stereocenters. The largest absolute Gasteiger partial charge is 0.480 e. The minimum atomic E-state index is -0.943. The van der Waals surface area contributed by atoms with Crippen LogP contribution in [-0.2, 0) is 9.59 Å². The van der Waals surface area contributed by atoms with Crippen LogP contribution >= 0.6 is 0 Å². The maximum Gasteiger partial charge on any atom is 0.326 e. The summed E-state index contributed by atoms with van der Waals surface area (Å²) in [5, 5.41) is 15.0. The summed E-state index contributed by atoms with van der Waals surface area (Å²) in [4.78, 5) is 23.4. The van der Waals surface area contributed by atoms with Crippen molar-refractivity contribution >= 4 is 11.9 Å². The van der Waals surface area contributed by atoms with E-state index >= 15 is 0 Å². The Kier molecular flexibility index (Phi) is 5.59. The number of carbonyl (C=O) groups excluding carboxylic acids is 1. The van der Waals surface area contributed by atoms with E-state index in [4.69, 9.17) is 5.11 Å². The zero-order valence-corrected chi connectivity index (χ0v) is 11.3. The van der Waals surface area contributed by atoms with Crippen molar-refractivity contribution < 1.29 is 14.7 Å². The predicted molar refractivity (Wildman–Crippen MR) is 69.4 cm³/mol. The number of amides is 1. The maximum absolute atomic E-state index is 12.2. The van der Waals surface area contributed by atoms with Crippen LogP contribution in [0.25, 0.3) is 0 Å². The molecule has 1 amide bonds. The van der Waals surface area contributed by atoms with Crippen molar-refractivity contribution in [3.05, 3.63) is 0 Å². The smallest absolute Gasteiger partial charge is 0.326 e. The Morgan fingerprint density at radius 1 is 1.44 bits per heavy atom. The Hall–Kier alpha value is -1.10. The number of hydrogen-bond donors (Lipinski definition) is 3. The van der Waals surface area contributed by atoms with Crippen molar-refractivity contribution in [2.24, 2.45) is 0 Å². The van der Waals surface area contributed by atoms with Crippen LogP contribution in [0.5, 0.6) is 0 Å². The van der Waals surface area contributed by atoms with Crippen LogP contribution in [0.3, 0.4) is 0 Å². The Morgan fingerprint density at radius 2 is 2.17 bits per heavy atom. The summed E-state index contributed by atoms with van der Waals surface area (Å²) in [6.45, 7) is 4.79. The van der Waals surface area contributed by atoms with Gasteiger partial charge in [-0.05, 0) is 32.2 Å². The molecule has 1 heterocycles. The fraction of sp³-hybridized carbons (Fsp3) is 0.846. The molecular formula is C13H24N2O3. The molecule has 5 nitrogen and oxygen atoms in total. The lowest BCUT2D eigenvalue weighted by atomic mass is 9.92. The Bertz CT molecular complexity index is 299. The highest BCUT2D eigenvalue weighted by Crippen LogP contribution is 2.23. The van der Waals surface area contributed by atoms with Gasteiger partial charge in [0.15, 0.2) is 0 Å². The van der Waals surface area contributed by atoms with E-state index in [1.165, 1.54) is 0 Å². The normalized spacial score (nSPS) is 24.8. The molecule has 0 bridgehead atoms. The van der Waals surface area contributed by atoms with Gasteiger partial charge in [-0.2, -0.15) is 0 Å². The van der Waals surface area contributed by atoms with E-state index in [2.05, 4.69) is 10.6 Å². The minimum absolute atomic E-state index is 0.161. The van der Waals surface area contributed by atoms with Gasteiger partial charge in [0.05, 0.1) is 5.54 Å². The molecule has 18 heavy (non-hydrogen) atoms. The van der Waals surface area contributed by atoms with Crippen LogP contribution in [-0.4, -0.2) is 35.1 Å². The number of unbranched alkanes of at least 4 members (excludes halogenated alkanes) is 1. The molecule has 1 aliphatic rings. The molecule has 0 aliphatic carbocycles. The summed E-state index contributed by atoms with van der Waals surface area (Å²) < 4.78 is 0. The van der Waals surface area contributed by atoms with Gasteiger partial charge in [0.1, 0.15) is 6.04 Å². The van der Waals surface area contributed by atoms with Gasteiger partial charge in [-0.1, -0.05) is 26.7 Å². The first kappa shape index (κ1) is 15.0. The third kappa shape index (κ3) is 3.45. The van der Waals surface area contributed by atoms with Crippen LogP contribution in [0, 0.1) is 0 Å². The number of aliphatic carboxylic acids is 1. The van der Waals surface area contributed by atoms with Gasteiger partial charge in [-0.3, -0.25) is 4.79 Å². The van der Waals surface area contributed by atoms with Crippen molar-refractivity contribution in [3.63, 3.8) is 0 Å². The van der Waals surface area contributed by atoms with Crippen molar-refractivity contribution in [1.29, 1.82) is 0 Å². The second-order valence-corrected chi connectivity index (χ2v) is 4.97. The summed E-state index contributed by atoms with van der Waals surface area (Å²) in [6, 6.07) is -0.761. The van der Waals surface area contributed by atoms with Gasteiger partial charge in [0.25, 0.3) is 0 Å². The van der Waals surface area contributed by atoms with Crippen molar-refractivity contribution in [3.8, 4) is 0 Å². The van der Waals surface area contributed by atoms with Crippen LogP contribution in [0.4, 0.5) is 0 Å². The van der Waals surface area contributed by atoms with Gasteiger partial charge in [0.2, 0.25) is 5.91 Å². The zero-order valence-electron chi connectivity index (χ0n) is 11.3. The van der Waals surface area contributed by atoms with Gasteiger partial charge >= 0.3 is 5.97 Å². The third-order valence-corrected chi connectivity index (χ3v) is 3.73. The number of carbonyl (C=O) groups is 2. The molecule has 2 atom stereocenters. The first-order valence-corrected chi connectivity index (χ1v) is 6.84. The Morgan fingerprint density at radius 3 is 2.61 bits per heavy atom. The van der Waals surface area contributed by atoms with Crippen LogP contribution in [0.2, 0.25) is 0 Å². The lowest BCUT2D eigenvalue weighted by Gasteiger charge is -2.28. The number of nitrogens with one attached hydrogen (secondary N) is 2. The SMILES string of the molecule is CCCCC(NC(=O)C1(CC)CCCN1)C(=O)O. The lowest BCUT2D eigenvalue weighted by molar-refractivity contribution is -0.143. The van der Waals surface area contributed by atoms with E-state index in [9.17, 15) is 9.59 Å². The molecule has 0 aromatic heterocycles. The molecule has 1 saturated heterocycles. The van der Waals surface area contributed by atoms with Crippen molar-refractivity contribution in [1.82, 2.24) is 10.6 Å². The van der Waals surface area contributed by atoms with Crippen molar-refractivity contribution in [2.75, 3.05) is 6.54 Å². The van der Waals surface area contributed by atoms with E-state index < -0.39 is 17.6 Å². The third-order valence-electron chi connectivity index (χ3n) is 3.73. The fourth-order valence-electron chi connectivity index (χ4n) is 2.42. The molecule has 0 radical (unpaired) electrons. The standard InChI is InChI=1S/C13H24N2O3/c1-3-5-7-10(11(16)17)15-12(18)13(4-2)8-6-9-14-13/h10,14H,3-9H2,1-2H3,(H,15,18)(H,16,17). The van der Waals surface area contributed by atoms with E-state index in [0.29, 0.717) is 12.8 Å². The summed E-state index contributed by atoms with van der Waals surface area (Å²) >= 11 is 0. The van der Waals surface area contributed by atoms with Gasteiger partial charge in [0, 0.05) is 0 Å². The second kappa shape index (κ2) is 6.73. The minimum Gasteiger partial charge on any atom is -0.480 e.